The van der Waals surface area contributed by atoms with Crippen LogP contribution in [0.15, 0.2) is 22.4 Å². The van der Waals surface area contributed by atoms with Crippen molar-refractivity contribution in [3.63, 3.8) is 0 Å². The van der Waals surface area contributed by atoms with Crippen LogP contribution in [0.4, 0.5) is 5.69 Å². The van der Waals surface area contributed by atoms with Gasteiger partial charge >= 0.3 is 0 Å². The number of benzene rings is 1. The molecule has 14 heavy (non-hydrogen) atoms. The van der Waals surface area contributed by atoms with Crippen molar-refractivity contribution in [3.05, 3.63) is 23.1 Å². The van der Waals surface area contributed by atoms with E-state index in [2.05, 4.69) is 11.6 Å². The number of anilines is 1. The summed E-state index contributed by atoms with van der Waals surface area (Å²) in [4.78, 5) is 1.27. The van der Waals surface area contributed by atoms with Crippen LogP contribution in [0.3, 0.4) is 0 Å². The van der Waals surface area contributed by atoms with Crippen molar-refractivity contribution >= 4 is 50.5 Å². The molecule has 0 radical (unpaired) electrons. The molecule has 2 N–H and O–H groups in total. The van der Waals surface area contributed by atoms with Gasteiger partial charge in [0.05, 0.1) is 4.70 Å². The van der Waals surface area contributed by atoms with Crippen molar-refractivity contribution in [3.8, 4) is 0 Å². The number of fused-ring (bicyclic) bond motifs is 1. The lowest BCUT2D eigenvalue weighted by molar-refractivity contribution is 1.43. The van der Waals surface area contributed by atoms with Crippen molar-refractivity contribution < 1.29 is 0 Å². The second-order valence-electron chi connectivity index (χ2n) is 2.96. The first-order valence-corrected chi connectivity index (χ1v) is 6.80. The van der Waals surface area contributed by atoms with Crippen LogP contribution < -0.4 is 5.73 Å². The Kier molecular flexibility index (Phi) is 2.91. The fourth-order valence-electron chi connectivity index (χ4n) is 1.47. The molecule has 0 atom stereocenters. The van der Waals surface area contributed by atoms with E-state index in [9.17, 15) is 0 Å². The number of alkyl halides is 1. The fourth-order valence-corrected chi connectivity index (χ4v) is 3.63. The monoisotopic (exact) mass is 243 g/mol. The van der Waals surface area contributed by atoms with E-state index in [0.717, 1.165) is 10.4 Å². The molecule has 0 unspecified atom stereocenters. The molecule has 0 fully saturated rings. The summed E-state index contributed by atoms with van der Waals surface area (Å²) in [5.74, 6) is 0.543. The van der Waals surface area contributed by atoms with Gasteiger partial charge in [0.15, 0.2) is 0 Å². The third-order valence-electron chi connectivity index (χ3n) is 2.17. The molecule has 0 aliphatic heterocycles. The van der Waals surface area contributed by atoms with Gasteiger partial charge in [-0.1, -0.05) is 6.07 Å². The fraction of sp³-hybridized carbons (Fsp3) is 0.200. The Hall–Kier alpha value is -0.380. The van der Waals surface area contributed by atoms with E-state index in [0.29, 0.717) is 5.88 Å². The Labute approximate surface area is 96.2 Å². The lowest BCUT2D eigenvalue weighted by atomic mass is 10.1. The predicted octanol–water partition coefficient (Wildman–Crippen LogP) is 3.94. The average Bonchev–Trinajstić information content (AvgIpc) is 2.63. The number of thioether (sulfide) groups is 1. The molecule has 1 aromatic carbocycles. The van der Waals surface area contributed by atoms with Gasteiger partial charge in [-0.05, 0) is 17.9 Å². The zero-order chi connectivity index (χ0) is 10.1. The highest BCUT2D eigenvalue weighted by molar-refractivity contribution is 7.99. The first-order chi connectivity index (χ1) is 6.77. The summed E-state index contributed by atoms with van der Waals surface area (Å²) >= 11 is 9.33. The molecule has 0 saturated carbocycles. The summed E-state index contributed by atoms with van der Waals surface area (Å²) in [5, 5.41) is 3.37. The lowest BCUT2D eigenvalue weighted by Crippen LogP contribution is -1.87. The molecule has 0 aliphatic carbocycles. The maximum Gasteiger partial charge on any atom is 0.0587 e. The Morgan fingerprint density at radius 1 is 1.50 bits per heavy atom. The van der Waals surface area contributed by atoms with Crippen LogP contribution in [0.2, 0.25) is 0 Å². The second-order valence-corrected chi connectivity index (χ2v) is 4.95. The number of thiophene rings is 1. The average molecular weight is 244 g/mol. The zero-order valence-corrected chi connectivity index (χ0v) is 10.1. The van der Waals surface area contributed by atoms with E-state index in [4.69, 9.17) is 17.3 Å². The zero-order valence-electron chi connectivity index (χ0n) is 7.71. The van der Waals surface area contributed by atoms with E-state index >= 15 is 0 Å². The van der Waals surface area contributed by atoms with Gasteiger partial charge in [0, 0.05) is 27.2 Å². The van der Waals surface area contributed by atoms with E-state index in [1.807, 2.05) is 12.1 Å². The predicted molar refractivity (Wildman–Crippen MR) is 67.6 cm³/mol. The quantitative estimate of drug-likeness (QED) is 0.491. The molecule has 0 saturated heterocycles. The Morgan fingerprint density at radius 2 is 2.29 bits per heavy atom. The summed E-state index contributed by atoms with van der Waals surface area (Å²) < 4.78 is 1.16. The largest absolute Gasteiger partial charge is 0.398 e. The topological polar surface area (TPSA) is 26.0 Å². The summed E-state index contributed by atoms with van der Waals surface area (Å²) in [6, 6.07) is 3.94. The first kappa shape index (κ1) is 10.1. The van der Waals surface area contributed by atoms with Crippen LogP contribution in [0.1, 0.15) is 5.56 Å². The molecule has 0 amide bonds. The molecule has 2 rings (SSSR count). The minimum atomic E-state index is 0.543. The highest BCUT2D eigenvalue weighted by atomic mass is 35.5. The highest BCUT2D eigenvalue weighted by Gasteiger charge is 2.09. The number of hydrogen-bond acceptors (Lipinski definition) is 3. The van der Waals surface area contributed by atoms with Crippen molar-refractivity contribution in [2.45, 2.75) is 10.8 Å². The van der Waals surface area contributed by atoms with E-state index in [1.54, 1.807) is 23.1 Å². The molecule has 74 valence electrons. The van der Waals surface area contributed by atoms with Crippen LogP contribution in [0.25, 0.3) is 10.1 Å². The van der Waals surface area contributed by atoms with Gasteiger partial charge in [-0.2, -0.15) is 0 Å². The van der Waals surface area contributed by atoms with E-state index in [-0.39, 0.29) is 0 Å². The molecule has 0 spiro atoms. The number of nitrogen functional groups attached to an aromatic ring is 1. The van der Waals surface area contributed by atoms with Crippen LogP contribution in [-0.2, 0) is 5.88 Å². The minimum Gasteiger partial charge on any atom is -0.398 e. The summed E-state index contributed by atoms with van der Waals surface area (Å²) in [7, 11) is 0. The summed E-state index contributed by atoms with van der Waals surface area (Å²) in [5.41, 5.74) is 7.92. The molecule has 0 bridgehead atoms. The molecule has 2 aromatic rings. The number of nitrogens with two attached hydrogens (primary N) is 1. The van der Waals surface area contributed by atoms with Crippen molar-refractivity contribution in [2.75, 3.05) is 12.0 Å². The summed E-state index contributed by atoms with van der Waals surface area (Å²) in [6.07, 6.45) is 2.07. The maximum absolute atomic E-state index is 5.91. The molecule has 1 heterocycles. The number of rotatable bonds is 2. The highest BCUT2D eigenvalue weighted by Crippen LogP contribution is 2.38. The first-order valence-electron chi connectivity index (χ1n) is 4.16. The Bertz CT molecular complexity index is 464. The number of halogens is 1. The van der Waals surface area contributed by atoms with Crippen LogP contribution >= 0.6 is 34.7 Å². The van der Waals surface area contributed by atoms with Gasteiger partial charge in [-0.3, -0.25) is 0 Å². The smallest absolute Gasteiger partial charge is 0.0587 e. The van der Waals surface area contributed by atoms with Crippen LogP contribution in [0.5, 0.6) is 0 Å². The number of hydrogen-bond donors (Lipinski definition) is 1. The van der Waals surface area contributed by atoms with Gasteiger partial charge in [-0.25, -0.2) is 0 Å². The second kappa shape index (κ2) is 4.01. The third kappa shape index (κ3) is 1.49. The molecular formula is C10H10ClNS2. The lowest BCUT2D eigenvalue weighted by Gasteiger charge is -2.03. The molecule has 4 heteroatoms. The van der Waals surface area contributed by atoms with Crippen molar-refractivity contribution in [1.29, 1.82) is 0 Å². The van der Waals surface area contributed by atoms with Gasteiger partial charge in [0.25, 0.3) is 0 Å². The third-order valence-corrected chi connectivity index (χ3v) is 4.40. The van der Waals surface area contributed by atoms with Gasteiger partial charge in [-0.15, -0.1) is 34.7 Å². The van der Waals surface area contributed by atoms with Crippen molar-refractivity contribution in [2.24, 2.45) is 0 Å². The normalized spacial score (nSPS) is 11.0. The molecular weight excluding hydrogens is 234 g/mol. The van der Waals surface area contributed by atoms with Gasteiger partial charge in [0.2, 0.25) is 0 Å². The SMILES string of the molecule is CSc1csc2c(N)ccc(CCl)c12. The summed E-state index contributed by atoms with van der Waals surface area (Å²) in [6.45, 7) is 0. The van der Waals surface area contributed by atoms with E-state index < -0.39 is 0 Å². The maximum atomic E-state index is 5.91. The Morgan fingerprint density at radius 3 is 2.93 bits per heavy atom. The van der Waals surface area contributed by atoms with Gasteiger partial charge in [0.1, 0.15) is 0 Å². The molecule has 1 aromatic heterocycles. The standard InChI is InChI=1S/C10H10ClNS2/c1-13-8-5-14-10-7(12)3-2-6(4-11)9(8)10/h2-3,5H,4,12H2,1H3. The van der Waals surface area contributed by atoms with Crippen molar-refractivity contribution in [1.82, 2.24) is 0 Å². The minimum absolute atomic E-state index is 0.543. The van der Waals surface area contributed by atoms with Crippen LogP contribution in [-0.4, -0.2) is 6.26 Å². The van der Waals surface area contributed by atoms with Gasteiger partial charge < -0.3 is 5.73 Å². The van der Waals surface area contributed by atoms with Crippen LogP contribution in [0, 0.1) is 0 Å². The Balaban J connectivity index is 2.82. The molecule has 0 aliphatic rings. The molecule has 1 nitrogen and oxygen atoms in total. The van der Waals surface area contributed by atoms with E-state index in [1.165, 1.54) is 15.8 Å².